The zero-order valence-corrected chi connectivity index (χ0v) is 6.06. The summed E-state index contributed by atoms with van der Waals surface area (Å²) in [5.74, 6) is -2.05. The van der Waals surface area contributed by atoms with Gasteiger partial charge < -0.3 is 0 Å². The Labute approximate surface area is 67.5 Å². The van der Waals surface area contributed by atoms with Crippen LogP contribution in [0.1, 0.15) is 0 Å². The SMILES string of the molecule is C=CC(=O)O[N+](=O)OC(=O)C=C. The summed E-state index contributed by atoms with van der Waals surface area (Å²) in [6.07, 6.45) is 1.49. The first kappa shape index (κ1) is 10.0. The highest BCUT2D eigenvalue weighted by Crippen LogP contribution is 1.85. The van der Waals surface area contributed by atoms with Crippen LogP contribution in [-0.2, 0) is 19.3 Å². The Morgan fingerprint density at radius 3 is 1.67 bits per heavy atom. The van der Waals surface area contributed by atoms with Gasteiger partial charge >= 0.3 is 17.0 Å². The zero-order valence-electron chi connectivity index (χ0n) is 6.06. The minimum absolute atomic E-state index is 0.631. The van der Waals surface area contributed by atoms with E-state index in [2.05, 4.69) is 22.8 Å². The summed E-state index contributed by atoms with van der Waals surface area (Å²) in [5.41, 5.74) is 0. The van der Waals surface area contributed by atoms with E-state index in [9.17, 15) is 14.5 Å². The molecule has 0 unspecified atom stereocenters. The fourth-order valence-corrected chi connectivity index (χ4v) is 0.240. The molecular formula is C6H6NO5+. The predicted octanol–water partition coefficient (Wildman–Crippen LogP) is 0.0537. The van der Waals surface area contributed by atoms with Crippen molar-refractivity contribution in [2.75, 3.05) is 0 Å². The fraction of sp³-hybridized carbons (Fsp3) is 0. The highest BCUT2D eigenvalue weighted by atomic mass is 17.0. The molecule has 0 radical (unpaired) electrons. The van der Waals surface area contributed by atoms with Gasteiger partial charge in [-0.1, -0.05) is 13.2 Å². The van der Waals surface area contributed by atoms with Crippen molar-refractivity contribution in [3.63, 3.8) is 0 Å². The quantitative estimate of drug-likeness (QED) is 0.442. The Bertz CT molecular complexity index is 220. The average Bonchev–Trinajstić information content (AvgIpc) is 2.03. The zero-order chi connectivity index (χ0) is 9.56. The Balaban J connectivity index is 3.89. The number of carbonyl (C=O) groups excluding carboxylic acids is 2. The third-order valence-corrected chi connectivity index (χ3v) is 0.662. The summed E-state index contributed by atoms with van der Waals surface area (Å²) in [5, 5.41) is -0.631. The summed E-state index contributed by atoms with van der Waals surface area (Å²) in [4.78, 5) is 38.5. The van der Waals surface area contributed by atoms with Gasteiger partial charge in [-0.05, 0) is 0 Å². The molecule has 0 aliphatic heterocycles. The van der Waals surface area contributed by atoms with Crippen LogP contribution in [0.2, 0.25) is 0 Å². The van der Waals surface area contributed by atoms with E-state index in [1.54, 1.807) is 0 Å². The van der Waals surface area contributed by atoms with E-state index in [-0.39, 0.29) is 0 Å². The second kappa shape index (κ2) is 4.78. The minimum Gasteiger partial charge on any atom is -0.239 e. The molecular weight excluding hydrogens is 166 g/mol. The summed E-state index contributed by atoms with van der Waals surface area (Å²) < 4.78 is 0. The van der Waals surface area contributed by atoms with Crippen LogP contribution in [0.4, 0.5) is 0 Å². The normalized spacial score (nSPS) is 8.00. The molecule has 0 saturated heterocycles. The molecule has 0 aliphatic carbocycles. The highest BCUT2D eigenvalue weighted by molar-refractivity contribution is 5.81. The summed E-state index contributed by atoms with van der Waals surface area (Å²) in [6, 6.07) is 0. The lowest BCUT2D eigenvalue weighted by Gasteiger charge is -1.83. The molecule has 0 aromatic rings. The largest absolute Gasteiger partial charge is 0.495 e. The van der Waals surface area contributed by atoms with Crippen molar-refractivity contribution in [3.8, 4) is 0 Å². The Hall–Kier alpha value is -1.98. The van der Waals surface area contributed by atoms with Gasteiger partial charge in [0.25, 0.3) is 0 Å². The number of rotatable bonds is 4. The molecule has 0 rings (SSSR count). The molecule has 0 N–H and O–H groups in total. The van der Waals surface area contributed by atoms with Gasteiger partial charge in [-0.2, -0.15) is 0 Å². The van der Waals surface area contributed by atoms with E-state index in [0.29, 0.717) is 0 Å². The molecule has 6 heteroatoms. The monoisotopic (exact) mass is 172 g/mol. The molecule has 0 aliphatic rings. The third-order valence-electron chi connectivity index (χ3n) is 0.662. The first-order valence-electron chi connectivity index (χ1n) is 2.76. The van der Waals surface area contributed by atoms with Gasteiger partial charge in [-0.25, -0.2) is 9.59 Å². The van der Waals surface area contributed by atoms with Crippen molar-refractivity contribution in [1.82, 2.24) is 0 Å². The van der Waals surface area contributed by atoms with Crippen LogP contribution in [0.3, 0.4) is 0 Å². The molecule has 6 nitrogen and oxygen atoms in total. The maximum atomic E-state index is 10.3. The molecule has 0 fully saturated rings. The van der Waals surface area contributed by atoms with Crippen molar-refractivity contribution in [3.05, 3.63) is 30.2 Å². The van der Waals surface area contributed by atoms with Crippen LogP contribution in [0.15, 0.2) is 25.3 Å². The number of nitrogens with zero attached hydrogens (tertiary/aromatic N) is 1. The predicted molar refractivity (Wildman–Crippen MR) is 36.2 cm³/mol. The van der Waals surface area contributed by atoms with E-state index in [4.69, 9.17) is 0 Å². The van der Waals surface area contributed by atoms with Gasteiger partial charge in [0.05, 0.1) is 0 Å². The summed E-state index contributed by atoms with van der Waals surface area (Å²) >= 11 is 0. The van der Waals surface area contributed by atoms with Crippen LogP contribution in [0, 0.1) is 4.91 Å². The number of hydrogen-bond acceptors (Lipinski definition) is 5. The molecule has 0 aromatic carbocycles. The van der Waals surface area contributed by atoms with Crippen molar-refractivity contribution in [2.45, 2.75) is 0 Å². The average molecular weight is 172 g/mol. The summed E-state index contributed by atoms with van der Waals surface area (Å²) in [6.45, 7) is 6.02. The summed E-state index contributed by atoms with van der Waals surface area (Å²) in [7, 11) is 0. The van der Waals surface area contributed by atoms with E-state index in [1.807, 2.05) is 0 Å². The molecule has 0 bridgehead atoms. The highest BCUT2D eigenvalue weighted by Gasteiger charge is 2.21. The molecule has 0 atom stereocenters. The molecule has 0 aromatic heterocycles. The topological polar surface area (TPSA) is 72.7 Å². The van der Waals surface area contributed by atoms with Gasteiger partial charge in [0.15, 0.2) is 0 Å². The first-order chi connectivity index (χ1) is 5.60. The standard InChI is InChI=1S/C6H6NO5/c1-3-5(8)11-7(10)12-6(9)4-2/h3-4H,1-2H2/q+1. The molecule has 64 valence electrons. The molecule has 0 amide bonds. The Morgan fingerprint density at radius 1 is 1.08 bits per heavy atom. The molecule has 0 saturated carbocycles. The fourth-order valence-electron chi connectivity index (χ4n) is 0.240. The Kier molecular flexibility index (Phi) is 3.99. The van der Waals surface area contributed by atoms with Crippen LogP contribution in [0.25, 0.3) is 0 Å². The van der Waals surface area contributed by atoms with Crippen LogP contribution < -0.4 is 0 Å². The van der Waals surface area contributed by atoms with Gasteiger partial charge in [-0.15, -0.1) is 9.68 Å². The maximum Gasteiger partial charge on any atom is 0.495 e. The van der Waals surface area contributed by atoms with Crippen molar-refractivity contribution in [1.29, 1.82) is 0 Å². The van der Waals surface area contributed by atoms with Crippen LogP contribution in [0.5, 0.6) is 0 Å². The lowest BCUT2D eigenvalue weighted by atomic mass is 10.7. The maximum absolute atomic E-state index is 10.3. The molecule has 12 heavy (non-hydrogen) atoms. The van der Waals surface area contributed by atoms with E-state index in [0.717, 1.165) is 12.2 Å². The van der Waals surface area contributed by atoms with Gasteiger partial charge in [0.2, 0.25) is 0 Å². The second-order valence-corrected chi connectivity index (χ2v) is 1.45. The smallest absolute Gasteiger partial charge is 0.239 e. The van der Waals surface area contributed by atoms with Crippen molar-refractivity contribution >= 4 is 11.9 Å². The number of carbonyl (C=O) groups is 2. The Morgan fingerprint density at radius 2 is 1.42 bits per heavy atom. The van der Waals surface area contributed by atoms with Crippen LogP contribution in [-0.4, -0.2) is 17.0 Å². The third kappa shape index (κ3) is 3.94. The van der Waals surface area contributed by atoms with Crippen molar-refractivity contribution in [2.24, 2.45) is 0 Å². The lowest BCUT2D eigenvalue weighted by Crippen LogP contribution is -2.17. The van der Waals surface area contributed by atoms with Gasteiger partial charge in [0.1, 0.15) is 4.91 Å². The van der Waals surface area contributed by atoms with Gasteiger partial charge in [0, 0.05) is 12.2 Å². The van der Waals surface area contributed by atoms with E-state index < -0.39 is 17.0 Å². The van der Waals surface area contributed by atoms with Gasteiger partial charge in [-0.3, -0.25) is 0 Å². The van der Waals surface area contributed by atoms with E-state index in [1.165, 1.54) is 0 Å². The molecule has 0 spiro atoms. The second-order valence-electron chi connectivity index (χ2n) is 1.45. The lowest BCUT2D eigenvalue weighted by molar-refractivity contribution is -0.944. The van der Waals surface area contributed by atoms with E-state index >= 15 is 0 Å². The first-order valence-corrected chi connectivity index (χ1v) is 2.76. The minimum atomic E-state index is -1.03. The number of hydrogen-bond donors (Lipinski definition) is 0. The van der Waals surface area contributed by atoms with Crippen molar-refractivity contribution < 1.29 is 24.4 Å². The molecule has 0 heterocycles. The van der Waals surface area contributed by atoms with Crippen LogP contribution >= 0.6 is 0 Å².